The van der Waals surface area contributed by atoms with Crippen molar-refractivity contribution in [2.24, 2.45) is 0 Å². The van der Waals surface area contributed by atoms with E-state index in [0.717, 1.165) is 5.69 Å². The highest BCUT2D eigenvalue weighted by Gasteiger charge is 2.09. The van der Waals surface area contributed by atoms with Crippen LogP contribution in [0.15, 0.2) is 12.1 Å². The van der Waals surface area contributed by atoms with Gasteiger partial charge in [0.25, 0.3) is 0 Å². The summed E-state index contributed by atoms with van der Waals surface area (Å²) in [7, 11) is 0. The molecule has 2 N–H and O–H groups in total. The highest BCUT2D eigenvalue weighted by molar-refractivity contribution is 5.43. The second kappa shape index (κ2) is 5.16. The van der Waals surface area contributed by atoms with Crippen LogP contribution < -0.4 is 10.5 Å². The van der Waals surface area contributed by atoms with Crippen LogP contribution >= 0.6 is 0 Å². The number of ether oxygens (including phenoxy) is 2. The van der Waals surface area contributed by atoms with Gasteiger partial charge in [0.05, 0.1) is 23.6 Å². The fraction of sp³-hybridized carbons (Fsp3) is 0.583. The van der Waals surface area contributed by atoms with E-state index >= 15 is 0 Å². The number of nitrogens with two attached hydrogens (primary N) is 1. The van der Waals surface area contributed by atoms with E-state index in [2.05, 4.69) is 4.98 Å². The highest BCUT2D eigenvalue weighted by atomic mass is 16.5. The van der Waals surface area contributed by atoms with E-state index in [-0.39, 0.29) is 5.60 Å². The maximum absolute atomic E-state index is 5.66. The molecule has 0 saturated carbocycles. The summed E-state index contributed by atoms with van der Waals surface area (Å²) in [5, 5.41) is 0. The second-order valence-electron chi connectivity index (χ2n) is 4.63. The topological polar surface area (TPSA) is 57.4 Å². The molecule has 0 saturated heterocycles. The molecule has 1 aromatic heterocycles. The molecule has 0 aliphatic carbocycles. The quantitative estimate of drug-likeness (QED) is 0.796. The van der Waals surface area contributed by atoms with Crippen LogP contribution in [0.5, 0.6) is 5.88 Å². The van der Waals surface area contributed by atoms with E-state index in [1.165, 1.54) is 0 Å². The summed E-state index contributed by atoms with van der Waals surface area (Å²) < 4.78 is 11.0. The Morgan fingerprint density at radius 3 is 2.50 bits per heavy atom. The Balaban J connectivity index is 2.35. The monoisotopic (exact) mass is 224 g/mol. The Hall–Kier alpha value is -1.29. The molecule has 0 fully saturated rings. The minimum atomic E-state index is -0.131. The van der Waals surface area contributed by atoms with Crippen molar-refractivity contribution in [1.29, 1.82) is 0 Å². The van der Waals surface area contributed by atoms with Crippen LogP contribution in [0, 0.1) is 6.92 Å². The van der Waals surface area contributed by atoms with Crippen molar-refractivity contribution in [2.75, 3.05) is 18.9 Å². The molecule has 0 aliphatic heterocycles. The summed E-state index contributed by atoms with van der Waals surface area (Å²) in [6, 6.07) is 3.56. The third-order valence-corrected chi connectivity index (χ3v) is 1.97. The van der Waals surface area contributed by atoms with Crippen LogP contribution in [0.25, 0.3) is 0 Å². The first kappa shape index (κ1) is 12.8. The number of rotatable bonds is 4. The van der Waals surface area contributed by atoms with Crippen molar-refractivity contribution >= 4 is 5.69 Å². The molecule has 0 unspecified atom stereocenters. The SMILES string of the molecule is Cc1nc(OCCOC(C)(C)C)ccc1N. The van der Waals surface area contributed by atoms with E-state index in [9.17, 15) is 0 Å². The number of anilines is 1. The summed E-state index contributed by atoms with van der Waals surface area (Å²) in [5.41, 5.74) is 6.99. The van der Waals surface area contributed by atoms with E-state index in [4.69, 9.17) is 15.2 Å². The lowest BCUT2D eigenvalue weighted by Crippen LogP contribution is -2.22. The van der Waals surface area contributed by atoms with Gasteiger partial charge in [-0.1, -0.05) is 0 Å². The van der Waals surface area contributed by atoms with Crippen molar-refractivity contribution in [3.05, 3.63) is 17.8 Å². The van der Waals surface area contributed by atoms with Crippen LogP contribution in [-0.2, 0) is 4.74 Å². The highest BCUT2D eigenvalue weighted by Crippen LogP contribution is 2.13. The molecule has 16 heavy (non-hydrogen) atoms. The van der Waals surface area contributed by atoms with Gasteiger partial charge in [-0.15, -0.1) is 0 Å². The van der Waals surface area contributed by atoms with Gasteiger partial charge in [-0.3, -0.25) is 0 Å². The van der Waals surface area contributed by atoms with Crippen LogP contribution in [0.2, 0.25) is 0 Å². The molecule has 1 heterocycles. The summed E-state index contributed by atoms with van der Waals surface area (Å²) >= 11 is 0. The zero-order valence-corrected chi connectivity index (χ0v) is 10.4. The van der Waals surface area contributed by atoms with Gasteiger partial charge >= 0.3 is 0 Å². The number of aromatic nitrogens is 1. The molecule has 0 spiro atoms. The predicted molar refractivity (Wildman–Crippen MR) is 64.6 cm³/mol. The lowest BCUT2D eigenvalue weighted by atomic mass is 10.2. The Morgan fingerprint density at radius 1 is 1.25 bits per heavy atom. The molecule has 4 heteroatoms. The average Bonchev–Trinajstić information content (AvgIpc) is 2.17. The molecule has 0 amide bonds. The Kier molecular flexibility index (Phi) is 4.12. The maximum atomic E-state index is 5.66. The third kappa shape index (κ3) is 4.49. The smallest absolute Gasteiger partial charge is 0.213 e. The van der Waals surface area contributed by atoms with Gasteiger partial charge in [-0.2, -0.15) is 0 Å². The normalized spacial score (nSPS) is 11.5. The molecule has 0 aliphatic rings. The van der Waals surface area contributed by atoms with E-state index in [1.807, 2.05) is 27.7 Å². The molecule has 0 radical (unpaired) electrons. The first-order valence-electron chi connectivity index (χ1n) is 5.38. The Bertz CT molecular complexity index is 345. The zero-order chi connectivity index (χ0) is 12.2. The standard InChI is InChI=1S/C12H20N2O2/c1-9-10(13)5-6-11(14-9)15-7-8-16-12(2,3)4/h5-6H,7-8,13H2,1-4H3. The first-order valence-corrected chi connectivity index (χ1v) is 5.38. The van der Waals surface area contributed by atoms with Gasteiger partial charge < -0.3 is 15.2 Å². The van der Waals surface area contributed by atoms with Crippen molar-refractivity contribution in [3.63, 3.8) is 0 Å². The van der Waals surface area contributed by atoms with Crippen molar-refractivity contribution in [2.45, 2.75) is 33.3 Å². The average molecular weight is 224 g/mol. The van der Waals surface area contributed by atoms with Crippen LogP contribution in [0.3, 0.4) is 0 Å². The van der Waals surface area contributed by atoms with E-state index < -0.39 is 0 Å². The summed E-state index contributed by atoms with van der Waals surface area (Å²) in [6.07, 6.45) is 0. The largest absolute Gasteiger partial charge is 0.475 e. The molecule has 0 bridgehead atoms. The molecule has 4 nitrogen and oxygen atoms in total. The van der Waals surface area contributed by atoms with Gasteiger partial charge in [-0.05, 0) is 33.8 Å². The lowest BCUT2D eigenvalue weighted by molar-refractivity contribution is -0.0168. The van der Waals surface area contributed by atoms with Crippen LogP contribution in [-0.4, -0.2) is 23.8 Å². The summed E-state index contributed by atoms with van der Waals surface area (Å²) in [6.45, 7) is 8.94. The van der Waals surface area contributed by atoms with Gasteiger partial charge in [0.1, 0.15) is 6.61 Å². The summed E-state index contributed by atoms with van der Waals surface area (Å²) in [4.78, 5) is 4.20. The Morgan fingerprint density at radius 2 is 1.94 bits per heavy atom. The number of pyridine rings is 1. The number of nitrogen functional groups attached to an aromatic ring is 1. The minimum Gasteiger partial charge on any atom is -0.475 e. The second-order valence-corrected chi connectivity index (χ2v) is 4.63. The number of hydrogen-bond donors (Lipinski definition) is 1. The fourth-order valence-corrected chi connectivity index (χ4v) is 1.12. The minimum absolute atomic E-state index is 0.131. The molecule has 0 aromatic carbocycles. The fourth-order valence-electron chi connectivity index (χ4n) is 1.12. The van der Waals surface area contributed by atoms with Crippen molar-refractivity contribution < 1.29 is 9.47 Å². The molecule has 1 aromatic rings. The number of nitrogens with zero attached hydrogens (tertiary/aromatic N) is 1. The third-order valence-electron chi connectivity index (χ3n) is 1.97. The van der Waals surface area contributed by atoms with Crippen LogP contribution in [0.4, 0.5) is 5.69 Å². The first-order chi connectivity index (χ1) is 7.38. The van der Waals surface area contributed by atoms with Crippen molar-refractivity contribution in [3.8, 4) is 5.88 Å². The number of hydrogen-bond acceptors (Lipinski definition) is 4. The predicted octanol–water partition coefficient (Wildman–Crippen LogP) is 2.17. The molecular formula is C12H20N2O2. The Labute approximate surface area is 96.8 Å². The lowest BCUT2D eigenvalue weighted by Gasteiger charge is -2.19. The van der Waals surface area contributed by atoms with E-state index in [0.29, 0.717) is 24.8 Å². The van der Waals surface area contributed by atoms with Gasteiger partial charge in [0.15, 0.2) is 0 Å². The molecular weight excluding hydrogens is 204 g/mol. The van der Waals surface area contributed by atoms with Crippen molar-refractivity contribution in [1.82, 2.24) is 4.98 Å². The maximum Gasteiger partial charge on any atom is 0.213 e. The van der Waals surface area contributed by atoms with Gasteiger partial charge in [0.2, 0.25) is 5.88 Å². The molecule has 1 rings (SSSR count). The van der Waals surface area contributed by atoms with Crippen LogP contribution in [0.1, 0.15) is 26.5 Å². The molecule has 90 valence electrons. The number of aryl methyl sites for hydroxylation is 1. The van der Waals surface area contributed by atoms with E-state index in [1.54, 1.807) is 12.1 Å². The van der Waals surface area contributed by atoms with Gasteiger partial charge in [0, 0.05) is 6.07 Å². The summed E-state index contributed by atoms with van der Waals surface area (Å²) in [5.74, 6) is 0.587. The zero-order valence-electron chi connectivity index (χ0n) is 10.4. The molecule has 0 atom stereocenters. The van der Waals surface area contributed by atoms with Gasteiger partial charge in [-0.25, -0.2) is 4.98 Å².